The summed E-state index contributed by atoms with van der Waals surface area (Å²) in [6.45, 7) is 6.89. The van der Waals surface area contributed by atoms with Crippen molar-refractivity contribution in [3.63, 3.8) is 0 Å². The number of nitrogens with one attached hydrogen (secondary N) is 1. The van der Waals surface area contributed by atoms with Crippen molar-refractivity contribution >= 4 is 24.3 Å². The van der Waals surface area contributed by atoms with Crippen LogP contribution in [-0.2, 0) is 4.79 Å². The van der Waals surface area contributed by atoms with Gasteiger partial charge in [0.25, 0.3) is 0 Å². The summed E-state index contributed by atoms with van der Waals surface area (Å²) in [4.78, 5) is 12.0. The van der Waals surface area contributed by atoms with Gasteiger partial charge in [-0.2, -0.15) is 0 Å². The number of unbranched alkanes of at least 4 members (excludes halogenated alkanes) is 15. The molecule has 0 aliphatic heterocycles. The summed E-state index contributed by atoms with van der Waals surface area (Å²) in [5, 5.41) is 0. The Hall–Kier alpha value is 0.229. The summed E-state index contributed by atoms with van der Waals surface area (Å²) < 4.78 is 5.78. The Morgan fingerprint density at radius 2 is 0.871 bits per heavy atom. The Kier molecular flexibility index (Phi) is 23.6. The average molecular weight is 545 g/mol. The van der Waals surface area contributed by atoms with Crippen LogP contribution in [0.2, 0.25) is 17.7 Å². The SMILES string of the molecule is CCCCCCC[CH2][Sn]([CH2]CCCCCCC)([CH2]CCCCCCC)[CH2]CC(=O)NN. The summed E-state index contributed by atoms with van der Waals surface area (Å²) in [7, 11) is 0. The molecule has 0 fully saturated rings. The maximum absolute atomic E-state index is 12.0. The van der Waals surface area contributed by atoms with E-state index in [0.717, 1.165) is 0 Å². The van der Waals surface area contributed by atoms with Crippen molar-refractivity contribution in [3.8, 4) is 0 Å². The third-order valence-corrected chi connectivity index (χ3v) is 23.1. The van der Waals surface area contributed by atoms with Gasteiger partial charge in [0.15, 0.2) is 0 Å². The minimum absolute atomic E-state index is 0.0647. The van der Waals surface area contributed by atoms with Gasteiger partial charge in [-0.15, -0.1) is 0 Å². The van der Waals surface area contributed by atoms with Crippen molar-refractivity contribution < 1.29 is 4.79 Å². The molecule has 0 heterocycles. The van der Waals surface area contributed by atoms with Gasteiger partial charge in [-0.25, -0.2) is 0 Å². The topological polar surface area (TPSA) is 55.1 Å². The molecule has 0 saturated carbocycles. The second kappa shape index (κ2) is 23.4. The molecule has 0 radical (unpaired) electrons. The van der Waals surface area contributed by atoms with Gasteiger partial charge in [0.05, 0.1) is 0 Å². The predicted molar refractivity (Wildman–Crippen MR) is 142 cm³/mol. The molecule has 0 atom stereocenters. The van der Waals surface area contributed by atoms with Crippen molar-refractivity contribution in [1.82, 2.24) is 5.43 Å². The number of hydrogen-bond acceptors (Lipinski definition) is 2. The molecule has 31 heavy (non-hydrogen) atoms. The molecule has 0 aromatic rings. The van der Waals surface area contributed by atoms with E-state index in [1.54, 1.807) is 0 Å². The van der Waals surface area contributed by atoms with E-state index in [1.807, 2.05) is 0 Å². The third kappa shape index (κ3) is 19.4. The Bertz CT molecular complexity index is 349. The predicted octanol–water partition coefficient (Wildman–Crippen LogP) is 8.90. The summed E-state index contributed by atoms with van der Waals surface area (Å²) in [6, 6.07) is 0. The van der Waals surface area contributed by atoms with Crippen LogP contribution in [0.1, 0.15) is 143 Å². The zero-order valence-electron chi connectivity index (χ0n) is 21.7. The zero-order chi connectivity index (χ0) is 23.0. The van der Waals surface area contributed by atoms with Crippen LogP contribution in [0.3, 0.4) is 0 Å². The van der Waals surface area contributed by atoms with Crippen LogP contribution in [0.25, 0.3) is 0 Å². The first-order valence-corrected chi connectivity index (χ1v) is 22.2. The Labute approximate surface area is 200 Å². The summed E-state index contributed by atoms with van der Waals surface area (Å²) in [6.07, 6.45) is 25.8. The van der Waals surface area contributed by atoms with E-state index < -0.39 is 18.4 Å². The molecule has 3 nitrogen and oxygen atoms in total. The monoisotopic (exact) mass is 546 g/mol. The zero-order valence-corrected chi connectivity index (χ0v) is 24.6. The molecule has 1 amide bonds. The summed E-state index contributed by atoms with van der Waals surface area (Å²) in [5.41, 5.74) is 2.40. The Morgan fingerprint density at radius 3 is 1.19 bits per heavy atom. The first-order chi connectivity index (χ1) is 15.1. The van der Waals surface area contributed by atoms with E-state index >= 15 is 0 Å². The summed E-state index contributed by atoms with van der Waals surface area (Å²) >= 11 is -2.29. The molecule has 3 N–H and O–H groups in total. The van der Waals surface area contributed by atoms with E-state index in [4.69, 9.17) is 5.84 Å². The number of carbonyl (C=O) groups is 1. The van der Waals surface area contributed by atoms with Crippen LogP contribution in [0, 0.1) is 0 Å². The molecule has 0 unspecified atom stereocenters. The van der Waals surface area contributed by atoms with Crippen molar-refractivity contribution in [2.24, 2.45) is 5.84 Å². The van der Waals surface area contributed by atoms with Crippen LogP contribution >= 0.6 is 0 Å². The molecule has 0 aromatic heterocycles. The second-order valence-corrected chi connectivity index (χ2v) is 24.4. The molecule has 0 aromatic carbocycles. The number of amides is 1. The van der Waals surface area contributed by atoms with Gasteiger partial charge in [0, 0.05) is 0 Å². The fourth-order valence-corrected chi connectivity index (χ4v) is 20.0. The van der Waals surface area contributed by atoms with E-state index in [0.29, 0.717) is 6.42 Å². The molecule has 0 aliphatic rings. The van der Waals surface area contributed by atoms with Crippen LogP contribution in [0.4, 0.5) is 0 Å². The van der Waals surface area contributed by atoms with E-state index in [2.05, 4.69) is 26.2 Å². The fourth-order valence-electron chi connectivity index (χ4n) is 5.04. The molecule has 4 heteroatoms. The van der Waals surface area contributed by atoms with Crippen molar-refractivity contribution in [1.29, 1.82) is 0 Å². The molecular weight excluding hydrogens is 487 g/mol. The van der Waals surface area contributed by atoms with Crippen LogP contribution in [-0.4, -0.2) is 24.3 Å². The molecule has 0 rings (SSSR count). The van der Waals surface area contributed by atoms with Gasteiger partial charge >= 0.3 is 201 Å². The number of rotatable bonds is 24. The Morgan fingerprint density at radius 1 is 0.548 bits per heavy atom. The molecule has 0 aliphatic carbocycles. The second-order valence-electron chi connectivity index (χ2n) is 10.1. The van der Waals surface area contributed by atoms with Gasteiger partial charge < -0.3 is 0 Å². The van der Waals surface area contributed by atoms with Gasteiger partial charge in [-0.05, 0) is 0 Å². The molecular formula is C27H58N2OSn. The van der Waals surface area contributed by atoms with Gasteiger partial charge in [-0.3, -0.25) is 0 Å². The molecule has 186 valence electrons. The normalized spacial score (nSPS) is 11.7. The maximum atomic E-state index is 12.0. The standard InChI is InChI=1S/3C8H17.C3H7N2O.Sn/c3*1-3-5-7-8-6-4-2;1-2-3(6)5-4;/h3*1,3-8H2,2H3;1-2,4H2,(H,5,6);. The number of nitrogens with two attached hydrogens (primary N) is 1. The number of carbonyl (C=O) groups excluding carboxylic acids is 1. The van der Waals surface area contributed by atoms with Crippen molar-refractivity contribution in [2.45, 2.75) is 161 Å². The Balaban J connectivity index is 4.78. The number of hydrogen-bond donors (Lipinski definition) is 2. The van der Waals surface area contributed by atoms with Crippen molar-refractivity contribution in [3.05, 3.63) is 0 Å². The van der Waals surface area contributed by atoms with Gasteiger partial charge in [0.2, 0.25) is 0 Å². The van der Waals surface area contributed by atoms with E-state index in [9.17, 15) is 4.79 Å². The van der Waals surface area contributed by atoms with Gasteiger partial charge in [-0.1, -0.05) is 0 Å². The first-order valence-electron chi connectivity index (χ1n) is 14.1. The van der Waals surface area contributed by atoms with Crippen LogP contribution in [0.15, 0.2) is 0 Å². The van der Waals surface area contributed by atoms with E-state index in [-0.39, 0.29) is 5.91 Å². The van der Waals surface area contributed by atoms with Crippen LogP contribution < -0.4 is 11.3 Å². The minimum atomic E-state index is -2.29. The average Bonchev–Trinajstić information content (AvgIpc) is 2.79. The number of hydrazine groups is 1. The quantitative estimate of drug-likeness (QED) is 0.0418. The summed E-state index contributed by atoms with van der Waals surface area (Å²) in [5.74, 6) is 5.49. The van der Waals surface area contributed by atoms with Crippen molar-refractivity contribution in [2.75, 3.05) is 0 Å². The third-order valence-electron chi connectivity index (χ3n) is 7.23. The fraction of sp³-hybridized carbons (Fsp3) is 0.963. The first kappa shape index (κ1) is 31.2. The molecule has 0 bridgehead atoms. The van der Waals surface area contributed by atoms with E-state index in [1.165, 1.54) is 133 Å². The molecule has 0 saturated heterocycles. The van der Waals surface area contributed by atoms with Crippen LogP contribution in [0.5, 0.6) is 0 Å². The van der Waals surface area contributed by atoms with Gasteiger partial charge in [0.1, 0.15) is 0 Å². The molecule has 0 spiro atoms.